The number of nitrogens with one attached hydrogen (secondary N) is 1. The second-order valence-corrected chi connectivity index (χ2v) is 8.68. The van der Waals surface area contributed by atoms with Crippen molar-refractivity contribution in [3.63, 3.8) is 0 Å². The molecule has 0 saturated carbocycles. The minimum absolute atomic E-state index is 0.0121. The van der Waals surface area contributed by atoms with E-state index in [0.717, 1.165) is 5.69 Å². The van der Waals surface area contributed by atoms with Crippen LogP contribution in [0.15, 0.2) is 60.8 Å². The molecule has 1 aliphatic heterocycles. The zero-order valence-corrected chi connectivity index (χ0v) is 18.9. The van der Waals surface area contributed by atoms with Crippen molar-refractivity contribution in [3.05, 3.63) is 89.3 Å². The second-order valence-electron chi connectivity index (χ2n) is 8.68. The van der Waals surface area contributed by atoms with Crippen LogP contribution in [0.25, 0.3) is 5.65 Å². The largest absolute Gasteiger partial charge is 0.435 e. The monoisotopic (exact) mass is 524 g/mol. The van der Waals surface area contributed by atoms with Crippen LogP contribution in [-0.4, -0.2) is 44.1 Å². The van der Waals surface area contributed by atoms with Crippen molar-refractivity contribution in [3.8, 4) is 0 Å². The number of hydrogen-bond donors (Lipinski definition) is 1. The van der Waals surface area contributed by atoms with Gasteiger partial charge < -0.3 is 5.32 Å². The number of anilines is 1. The van der Waals surface area contributed by atoms with Crippen LogP contribution in [0.1, 0.15) is 34.6 Å². The summed E-state index contributed by atoms with van der Waals surface area (Å²) in [6.45, 7) is 1.18. The van der Waals surface area contributed by atoms with Crippen LogP contribution in [0, 0.1) is 5.82 Å². The minimum atomic E-state index is -4.88. The number of benzene rings is 1. The molecule has 1 fully saturated rings. The van der Waals surface area contributed by atoms with Crippen molar-refractivity contribution >= 4 is 11.5 Å². The predicted octanol–water partition coefficient (Wildman–Crippen LogP) is 5.55. The maximum atomic E-state index is 13.6. The van der Waals surface area contributed by atoms with Gasteiger partial charge in [0.05, 0.1) is 6.04 Å². The van der Waals surface area contributed by atoms with E-state index in [9.17, 15) is 30.7 Å². The fourth-order valence-corrected chi connectivity index (χ4v) is 4.30. The van der Waals surface area contributed by atoms with Gasteiger partial charge in [0.15, 0.2) is 17.0 Å². The second kappa shape index (κ2) is 9.29. The van der Waals surface area contributed by atoms with E-state index in [4.69, 9.17) is 0 Å². The molecule has 194 valence electrons. The maximum Gasteiger partial charge on any atom is 0.435 e. The molecule has 4 aromatic rings. The van der Waals surface area contributed by atoms with Crippen molar-refractivity contribution < 1.29 is 30.7 Å². The molecule has 5 rings (SSSR count). The summed E-state index contributed by atoms with van der Waals surface area (Å²) in [6.07, 6.45) is -8.06. The van der Waals surface area contributed by atoms with E-state index >= 15 is 0 Å². The lowest BCUT2D eigenvalue weighted by molar-refractivity contribution is -0.142. The van der Waals surface area contributed by atoms with Crippen LogP contribution in [0.2, 0.25) is 0 Å². The summed E-state index contributed by atoms with van der Waals surface area (Å²) in [6, 6.07) is 11.9. The van der Waals surface area contributed by atoms with E-state index in [1.807, 2.05) is 17.0 Å². The molecule has 3 aromatic heterocycles. The Hall–Kier alpha value is -3.74. The lowest BCUT2D eigenvalue weighted by Crippen LogP contribution is -2.49. The summed E-state index contributed by atoms with van der Waals surface area (Å²) >= 11 is 0. The SMILES string of the molecule is Fc1ccc(C(CNc2cc(C(F)(F)F)nc3cc(C(F)(F)F)nn23)N2CC(c3ccccn3)C2)cc1. The van der Waals surface area contributed by atoms with E-state index in [2.05, 4.69) is 20.4 Å². The summed E-state index contributed by atoms with van der Waals surface area (Å²) < 4.78 is 94.2. The molecule has 0 amide bonds. The number of pyridine rings is 1. The van der Waals surface area contributed by atoms with Crippen LogP contribution in [0.4, 0.5) is 36.6 Å². The summed E-state index contributed by atoms with van der Waals surface area (Å²) in [7, 11) is 0. The Morgan fingerprint density at radius 3 is 2.24 bits per heavy atom. The number of halogens is 7. The quantitative estimate of drug-likeness (QED) is 0.335. The van der Waals surface area contributed by atoms with Gasteiger partial charge in [-0.2, -0.15) is 36.0 Å². The highest BCUT2D eigenvalue weighted by Gasteiger charge is 2.38. The molecule has 1 N–H and O–H groups in total. The van der Waals surface area contributed by atoms with Crippen molar-refractivity contribution in [2.75, 3.05) is 25.0 Å². The van der Waals surface area contributed by atoms with Crippen molar-refractivity contribution in [2.24, 2.45) is 0 Å². The predicted molar refractivity (Wildman–Crippen MR) is 119 cm³/mol. The van der Waals surface area contributed by atoms with Crippen LogP contribution in [-0.2, 0) is 12.4 Å². The molecule has 0 spiro atoms. The van der Waals surface area contributed by atoms with E-state index < -0.39 is 41.2 Å². The summed E-state index contributed by atoms with van der Waals surface area (Å²) in [5, 5.41) is 6.25. The first kappa shape index (κ1) is 24.9. The van der Waals surface area contributed by atoms with Gasteiger partial charge in [-0.3, -0.25) is 9.88 Å². The number of fused-ring (bicyclic) bond motifs is 1. The fourth-order valence-electron chi connectivity index (χ4n) is 4.30. The molecule has 1 atom stereocenters. The molecule has 13 heteroatoms. The Bertz CT molecular complexity index is 1380. The highest BCUT2D eigenvalue weighted by Crippen LogP contribution is 2.36. The zero-order chi connectivity index (χ0) is 26.4. The Morgan fingerprint density at radius 2 is 1.62 bits per heavy atom. The molecule has 0 radical (unpaired) electrons. The Labute approximate surface area is 205 Å². The third-order valence-corrected chi connectivity index (χ3v) is 6.20. The van der Waals surface area contributed by atoms with Gasteiger partial charge in [0.25, 0.3) is 0 Å². The average molecular weight is 524 g/mol. The van der Waals surface area contributed by atoms with Gasteiger partial charge in [0.2, 0.25) is 0 Å². The first-order chi connectivity index (χ1) is 17.5. The van der Waals surface area contributed by atoms with Crippen molar-refractivity contribution in [1.82, 2.24) is 24.5 Å². The Balaban J connectivity index is 1.45. The normalized spacial score (nSPS) is 16.1. The molecule has 1 aliphatic rings. The van der Waals surface area contributed by atoms with Gasteiger partial charge in [-0.25, -0.2) is 9.37 Å². The number of hydrogen-bond acceptors (Lipinski definition) is 5. The molecule has 0 bridgehead atoms. The number of nitrogens with zero attached hydrogens (tertiary/aromatic N) is 5. The lowest BCUT2D eigenvalue weighted by Gasteiger charge is -2.44. The van der Waals surface area contributed by atoms with Crippen molar-refractivity contribution in [2.45, 2.75) is 24.3 Å². The van der Waals surface area contributed by atoms with Gasteiger partial charge in [0.1, 0.15) is 11.6 Å². The van der Waals surface area contributed by atoms with E-state index in [-0.39, 0.29) is 18.3 Å². The molecule has 6 nitrogen and oxygen atoms in total. The van der Waals surface area contributed by atoms with E-state index in [0.29, 0.717) is 35.3 Å². The maximum absolute atomic E-state index is 13.6. The molecule has 1 aromatic carbocycles. The summed E-state index contributed by atoms with van der Waals surface area (Å²) in [4.78, 5) is 9.71. The molecular weight excluding hydrogens is 505 g/mol. The van der Waals surface area contributed by atoms with Crippen LogP contribution < -0.4 is 5.32 Å². The molecular formula is C24H19F7N6. The topological polar surface area (TPSA) is 58.4 Å². The first-order valence-corrected chi connectivity index (χ1v) is 11.2. The van der Waals surface area contributed by atoms with Crippen LogP contribution >= 0.6 is 0 Å². The Kier molecular flexibility index (Phi) is 6.26. The van der Waals surface area contributed by atoms with Gasteiger partial charge in [-0.05, 0) is 29.8 Å². The number of alkyl halides is 6. The first-order valence-electron chi connectivity index (χ1n) is 11.2. The van der Waals surface area contributed by atoms with Crippen LogP contribution in [0.5, 0.6) is 0 Å². The highest BCUT2D eigenvalue weighted by atomic mass is 19.4. The standard InChI is InChI=1S/C24H19F7N6/c25-16-6-4-14(5-7-16)18(36-12-15(13-36)17-3-1-2-8-32-17)11-33-21-9-19(23(26,27)28)34-22-10-20(24(29,30)31)35-37(21)22/h1-10,15,18,33H,11-13H2. The number of aromatic nitrogens is 4. The fraction of sp³-hybridized carbons (Fsp3) is 0.292. The average Bonchev–Trinajstić information content (AvgIpc) is 3.26. The van der Waals surface area contributed by atoms with Crippen LogP contribution in [0.3, 0.4) is 0 Å². The van der Waals surface area contributed by atoms with Gasteiger partial charge in [-0.1, -0.05) is 18.2 Å². The van der Waals surface area contributed by atoms with E-state index in [1.165, 1.54) is 12.1 Å². The summed E-state index contributed by atoms with van der Waals surface area (Å²) in [5.74, 6) is -0.622. The summed E-state index contributed by atoms with van der Waals surface area (Å²) in [5.41, 5.74) is -1.73. The molecule has 0 aliphatic carbocycles. The highest BCUT2D eigenvalue weighted by molar-refractivity contribution is 5.51. The number of likely N-dealkylation sites (tertiary alicyclic amines) is 1. The number of rotatable bonds is 6. The molecule has 1 saturated heterocycles. The van der Waals surface area contributed by atoms with Crippen molar-refractivity contribution in [1.29, 1.82) is 0 Å². The third-order valence-electron chi connectivity index (χ3n) is 6.20. The molecule has 4 heterocycles. The van der Waals surface area contributed by atoms with Gasteiger partial charge >= 0.3 is 12.4 Å². The van der Waals surface area contributed by atoms with E-state index in [1.54, 1.807) is 24.4 Å². The smallest absolute Gasteiger partial charge is 0.368 e. The molecule has 1 unspecified atom stereocenters. The third kappa shape index (κ3) is 5.22. The zero-order valence-electron chi connectivity index (χ0n) is 18.9. The lowest BCUT2D eigenvalue weighted by atomic mass is 9.91. The molecule has 37 heavy (non-hydrogen) atoms. The minimum Gasteiger partial charge on any atom is -0.368 e. The van der Waals surface area contributed by atoms with Gasteiger partial charge in [-0.15, -0.1) is 0 Å². The Morgan fingerprint density at radius 1 is 0.919 bits per heavy atom. The van der Waals surface area contributed by atoms with Gasteiger partial charge in [0, 0.05) is 49.6 Å².